The van der Waals surface area contributed by atoms with Crippen LogP contribution in [0.3, 0.4) is 0 Å². The van der Waals surface area contributed by atoms with Gasteiger partial charge in [-0.2, -0.15) is 13.2 Å². The fraction of sp³-hybridized carbons (Fsp3) is 0.310. The molecule has 0 spiro atoms. The van der Waals surface area contributed by atoms with Gasteiger partial charge in [0.25, 0.3) is 5.91 Å². The molecule has 5 rings (SSSR count). The molecule has 3 aromatic rings. The van der Waals surface area contributed by atoms with Gasteiger partial charge >= 0.3 is 6.18 Å². The molecule has 38 heavy (non-hydrogen) atoms. The molecular weight excluding hydrogens is 497 g/mol. The van der Waals surface area contributed by atoms with Crippen LogP contribution in [0.2, 0.25) is 0 Å². The molecule has 9 heteroatoms. The van der Waals surface area contributed by atoms with E-state index in [2.05, 4.69) is 5.32 Å². The van der Waals surface area contributed by atoms with Crippen LogP contribution in [0, 0.1) is 0 Å². The molecule has 0 radical (unpaired) electrons. The zero-order valence-electron chi connectivity index (χ0n) is 21.0. The standard InChI is InChI=1S/C29H27F3N2O4/c1-3-37-23-15-17-13-14-34-26(22(17)16-24(23)38-4-2)25(20-7-5-6-8-21(20)28(34)36)27(35)33-19-11-9-18(10-12-19)29(30,31)32/h5-12,15-16,25-26H,3-4,13-14H2,1-2H3,(H,33,35)/t25-,26+/m1/s1. The van der Waals surface area contributed by atoms with Gasteiger partial charge in [0.05, 0.1) is 30.7 Å². The minimum Gasteiger partial charge on any atom is -0.490 e. The lowest BCUT2D eigenvalue weighted by Crippen LogP contribution is -2.49. The summed E-state index contributed by atoms with van der Waals surface area (Å²) in [6.45, 7) is 5.02. The Hall–Kier alpha value is -4.01. The highest BCUT2D eigenvalue weighted by molar-refractivity contribution is 6.04. The summed E-state index contributed by atoms with van der Waals surface area (Å²) in [6.07, 6.45) is -3.89. The summed E-state index contributed by atoms with van der Waals surface area (Å²) in [5, 5.41) is 2.78. The SMILES string of the molecule is CCOc1cc2c(cc1OCC)[C@H]1[C@H](C(=O)Nc3ccc(C(F)(F)F)cc3)c3ccccc3C(=O)N1CC2. The zero-order chi connectivity index (χ0) is 27.0. The molecule has 1 N–H and O–H groups in total. The summed E-state index contributed by atoms with van der Waals surface area (Å²) in [7, 11) is 0. The van der Waals surface area contributed by atoms with E-state index >= 15 is 0 Å². The van der Waals surface area contributed by atoms with E-state index in [4.69, 9.17) is 9.47 Å². The molecule has 2 aliphatic heterocycles. The summed E-state index contributed by atoms with van der Waals surface area (Å²) < 4.78 is 50.7. The van der Waals surface area contributed by atoms with Crippen molar-refractivity contribution in [2.24, 2.45) is 0 Å². The molecule has 2 aliphatic rings. The lowest BCUT2D eigenvalue weighted by molar-refractivity contribution is -0.137. The monoisotopic (exact) mass is 524 g/mol. The van der Waals surface area contributed by atoms with Gasteiger partial charge in [0.15, 0.2) is 11.5 Å². The number of hydrogen-bond acceptors (Lipinski definition) is 4. The van der Waals surface area contributed by atoms with Crippen LogP contribution in [0.1, 0.15) is 58.4 Å². The van der Waals surface area contributed by atoms with Gasteiger partial charge in [-0.15, -0.1) is 0 Å². The fourth-order valence-corrected chi connectivity index (χ4v) is 5.32. The molecule has 2 amide bonds. The number of fused-ring (bicyclic) bond motifs is 4. The number of ether oxygens (including phenoxy) is 2. The minimum absolute atomic E-state index is 0.165. The van der Waals surface area contributed by atoms with Gasteiger partial charge in [0.2, 0.25) is 5.91 Å². The van der Waals surface area contributed by atoms with Gasteiger partial charge in [0, 0.05) is 17.8 Å². The van der Waals surface area contributed by atoms with Gasteiger partial charge in [-0.3, -0.25) is 9.59 Å². The number of hydrogen-bond donors (Lipinski definition) is 1. The largest absolute Gasteiger partial charge is 0.490 e. The number of halogens is 3. The molecule has 0 saturated heterocycles. The van der Waals surface area contributed by atoms with E-state index in [1.165, 1.54) is 12.1 Å². The fourth-order valence-electron chi connectivity index (χ4n) is 5.32. The molecule has 0 aromatic heterocycles. The van der Waals surface area contributed by atoms with E-state index in [1.54, 1.807) is 29.2 Å². The lowest BCUT2D eigenvalue weighted by Gasteiger charge is -2.45. The van der Waals surface area contributed by atoms with Crippen molar-refractivity contribution in [3.63, 3.8) is 0 Å². The second-order valence-corrected chi connectivity index (χ2v) is 9.19. The van der Waals surface area contributed by atoms with Crippen LogP contribution in [0.15, 0.2) is 60.7 Å². The number of amides is 2. The van der Waals surface area contributed by atoms with E-state index in [1.807, 2.05) is 26.0 Å². The highest BCUT2D eigenvalue weighted by Crippen LogP contribution is 2.48. The van der Waals surface area contributed by atoms with Gasteiger partial charge < -0.3 is 19.7 Å². The Kier molecular flexibility index (Phi) is 6.77. The molecular formula is C29H27F3N2O4. The summed E-state index contributed by atoms with van der Waals surface area (Å²) in [5.41, 5.74) is 2.20. The van der Waals surface area contributed by atoms with Crippen LogP contribution >= 0.6 is 0 Å². The summed E-state index contributed by atoms with van der Waals surface area (Å²) >= 11 is 0. The molecule has 0 saturated carbocycles. The van der Waals surface area contributed by atoms with E-state index in [-0.39, 0.29) is 11.6 Å². The molecule has 2 atom stereocenters. The van der Waals surface area contributed by atoms with Crippen LogP contribution < -0.4 is 14.8 Å². The van der Waals surface area contributed by atoms with Crippen molar-refractivity contribution in [3.05, 3.63) is 88.5 Å². The van der Waals surface area contributed by atoms with Crippen LogP contribution in [0.5, 0.6) is 11.5 Å². The molecule has 0 aliphatic carbocycles. The lowest BCUT2D eigenvalue weighted by atomic mass is 9.75. The third-order valence-corrected chi connectivity index (χ3v) is 6.95. The first-order valence-corrected chi connectivity index (χ1v) is 12.5. The summed E-state index contributed by atoms with van der Waals surface area (Å²) in [6, 6.07) is 14.4. The number of nitrogens with one attached hydrogen (secondary N) is 1. The van der Waals surface area contributed by atoms with E-state index in [0.717, 1.165) is 23.3 Å². The maximum Gasteiger partial charge on any atom is 0.416 e. The van der Waals surface area contributed by atoms with Crippen molar-refractivity contribution in [3.8, 4) is 11.5 Å². The third-order valence-electron chi connectivity index (χ3n) is 6.95. The number of carbonyl (C=O) groups is 2. The predicted molar refractivity (Wildman–Crippen MR) is 136 cm³/mol. The van der Waals surface area contributed by atoms with E-state index < -0.39 is 29.6 Å². The highest BCUT2D eigenvalue weighted by atomic mass is 19.4. The van der Waals surface area contributed by atoms with Crippen molar-refractivity contribution in [2.75, 3.05) is 25.1 Å². The number of rotatable bonds is 6. The van der Waals surface area contributed by atoms with Gasteiger partial charge in [0.1, 0.15) is 0 Å². The Balaban J connectivity index is 1.59. The number of alkyl halides is 3. The Morgan fingerprint density at radius 1 is 0.974 bits per heavy atom. The average molecular weight is 525 g/mol. The molecule has 0 bridgehead atoms. The highest BCUT2D eigenvalue weighted by Gasteiger charge is 2.46. The Morgan fingerprint density at radius 3 is 2.29 bits per heavy atom. The Morgan fingerprint density at radius 2 is 1.63 bits per heavy atom. The van der Waals surface area contributed by atoms with E-state index in [9.17, 15) is 22.8 Å². The van der Waals surface area contributed by atoms with E-state index in [0.29, 0.717) is 48.8 Å². The second-order valence-electron chi connectivity index (χ2n) is 9.19. The average Bonchev–Trinajstić information content (AvgIpc) is 2.89. The summed E-state index contributed by atoms with van der Waals surface area (Å²) in [5.74, 6) is -0.239. The zero-order valence-corrected chi connectivity index (χ0v) is 21.0. The number of carbonyl (C=O) groups excluding carboxylic acids is 2. The van der Waals surface area contributed by atoms with Crippen molar-refractivity contribution < 1.29 is 32.2 Å². The number of benzene rings is 3. The van der Waals surface area contributed by atoms with Crippen molar-refractivity contribution in [1.29, 1.82) is 0 Å². The van der Waals surface area contributed by atoms with Gasteiger partial charge in [-0.05, 0) is 79.4 Å². The third kappa shape index (κ3) is 4.57. The van der Waals surface area contributed by atoms with Gasteiger partial charge in [-0.1, -0.05) is 18.2 Å². The second kappa shape index (κ2) is 10.0. The molecule has 6 nitrogen and oxygen atoms in total. The number of nitrogens with zero attached hydrogens (tertiary/aromatic N) is 1. The van der Waals surface area contributed by atoms with Crippen molar-refractivity contribution in [2.45, 2.75) is 38.4 Å². The first-order valence-electron chi connectivity index (χ1n) is 12.5. The van der Waals surface area contributed by atoms with Crippen LogP contribution in [0.25, 0.3) is 0 Å². The van der Waals surface area contributed by atoms with Crippen LogP contribution in [-0.2, 0) is 17.4 Å². The molecule has 198 valence electrons. The normalized spacial score (nSPS) is 18.2. The maximum absolute atomic E-state index is 13.8. The molecule has 0 unspecified atom stereocenters. The van der Waals surface area contributed by atoms with Crippen LogP contribution in [-0.4, -0.2) is 36.5 Å². The maximum atomic E-state index is 13.8. The first-order chi connectivity index (χ1) is 18.2. The number of anilines is 1. The molecule has 0 fully saturated rings. The Bertz CT molecular complexity index is 1370. The topological polar surface area (TPSA) is 67.9 Å². The minimum atomic E-state index is -4.48. The quantitative estimate of drug-likeness (QED) is 0.431. The van der Waals surface area contributed by atoms with Crippen molar-refractivity contribution >= 4 is 17.5 Å². The predicted octanol–water partition coefficient (Wildman–Crippen LogP) is 5.98. The molecule has 3 aromatic carbocycles. The molecule has 2 heterocycles. The first kappa shape index (κ1) is 25.6. The summed E-state index contributed by atoms with van der Waals surface area (Å²) in [4.78, 5) is 29.1. The smallest absolute Gasteiger partial charge is 0.416 e. The Labute approximate surface area is 218 Å². The van der Waals surface area contributed by atoms with Gasteiger partial charge in [-0.25, -0.2) is 0 Å². The van der Waals surface area contributed by atoms with Crippen LogP contribution in [0.4, 0.5) is 18.9 Å². The van der Waals surface area contributed by atoms with Crippen molar-refractivity contribution in [1.82, 2.24) is 4.90 Å².